The maximum Gasteiger partial charge on any atom is 0.225 e. The molecule has 138 valence electrons. The van der Waals surface area contributed by atoms with Gasteiger partial charge in [-0.25, -0.2) is 9.97 Å². The molecule has 6 nitrogen and oxygen atoms in total. The van der Waals surface area contributed by atoms with E-state index in [0.29, 0.717) is 12.5 Å². The van der Waals surface area contributed by atoms with E-state index in [0.717, 1.165) is 44.1 Å². The predicted molar refractivity (Wildman–Crippen MR) is 118 cm³/mol. The van der Waals surface area contributed by atoms with Gasteiger partial charge in [-0.1, -0.05) is 36.9 Å². The van der Waals surface area contributed by atoms with Crippen molar-refractivity contribution in [1.82, 2.24) is 14.9 Å². The summed E-state index contributed by atoms with van der Waals surface area (Å²) in [6, 6.07) is 10.2. The number of anilines is 1. The summed E-state index contributed by atoms with van der Waals surface area (Å²) >= 11 is 0. The second kappa shape index (κ2) is 10.1. The first-order chi connectivity index (χ1) is 12.3. The van der Waals surface area contributed by atoms with E-state index in [1.54, 1.807) is 12.4 Å². The first-order valence-electron chi connectivity index (χ1n) is 8.54. The van der Waals surface area contributed by atoms with Crippen LogP contribution in [0.25, 0.3) is 6.08 Å². The van der Waals surface area contributed by atoms with E-state index in [2.05, 4.69) is 55.6 Å². The van der Waals surface area contributed by atoms with Crippen LogP contribution < -0.4 is 10.6 Å². The molecule has 0 unspecified atom stereocenters. The molecule has 1 aliphatic heterocycles. The zero-order valence-corrected chi connectivity index (χ0v) is 17.1. The molecule has 1 aromatic heterocycles. The van der Waals surface area contributed by atoms with Gasteiger partial charge in [0.2, 0.25) is 5.95 Å². The number of piperazine rings is 1. The zero-order chi connectivity index (χ0) is 17.5. The number of hydrogen-bond donors (Lipinski definition) is 1. The number of hydrogen-bond acceptors (Lipinski definition) is 4. The van der Waals surface area contributed by atoms with Crippen molar-refractivity contribution in [1.29, 1.82) is 0 Å². The molecule has 0 spiro atoms. The average Bonchev–Trinajstić information content (AvgIpc) is 2.69. The SMILES string of the molecule is C=Cc1ccc(CCN=C(N)N2CCN(c3ncccn3)CC2)cc1.I. The van der Waals surface area contributed by atoms with Crippen LogP contribution in [-0.2, 0) is 6.42 Å². The van der Waals surface area contributed by atoms with E-state index in [9.17, 15) is 0 Å². The van der Waals surface area contributed by atoms with Crippen LogP contribution in [0, 0.1) is 0 Å². The Morgan fingerprint density at radius 1 is 1.12 bits per heavy atom. The largest absolute Gasteiger partial charge is 0.370 e. The van der Waals surface area contributed by atoms with Gasteiger partial charge in [-0.2, -0.15) is 0 Å². The molecule has 2 aromatic rings. The van der Waals surface area contributed by atoms with Crippen molar-refractivity contribution < 1.29 is 0 Å². The third kappa shape index (κ3) is 5.42. The number of nitrogens with two attached hydrogens (primary N) is 1. The van der Waals surface area contributed by atoms with Crippen molar-refractivity contribution in [3.05, 3.63) is 60.4 Å². The summed E-state index contributed by atoms with van der Waals surface area (Å²) in [7, 11) is 0. The van der Waals surface area contributed by atoms with Gasteiger partial charge in [0, 0.05) is 45.1 Å². The van der Waals surface area contributed by atoms with Crippen LogP contribution in [0.2, 0.25) is 0 Å². The van der Waals surface area contributed by atoms with Gasteiger partial charge >= 0.3 is 0 Å². The van der Waals surface area contributed by atoms with Crippen LogP contribution in [-0.4, -0.2) is 53.6 Å². The summed E-state index contributed by atoms with van der Waals surface area (Å²) in [6.07, 6.45) is 6.27. The Morgan fingerprint density at radius 2 is 1.77 bits per heavy atom. The summed E-state index contributed by atoms with van der Waals surface area (Å²) < 4.78 is 0. The van der Waals surface area contributed by atoms with Gasteiger partial charge in [0.25, 0.3) is 0 Å². The third-order valence-electron chi connectivity index (χ3n) is 4.33. The molecule has 7 heteroatoms. The van der Waals surface area contributed by atoms with Crippen molar-refractivity contribution in [3.8, 4) is 0 Å². The average molecular weight is 464 g/mol. The molecule has 1 fully saturated rings. The Balaban J connectivity index is 0.00000243. The first-order valence-corrected chi connectivity index (χ1v) is 8.54. The van der Waals surface area contributed by atoms with Crippen molar-refractivity contribution >= 4 is 42.0 Å². The normalized spacial score (nSPS) is 14.7. The highest BCUT2D eigenvalue weighted by molar-refractivity contribution is 14.0. The lowest BCUT2D eigenvalue weighted by Crippen LogP contribution is -2.51. The number of aromatic nitrogens is 2. The van der Waals surface area contributed by atoms with Crippen molar-refractivity contribution in [3.63, 3.8) is 0 Å². The molecule has 0 bridgehead atoms. The predicted octanol–water partition coefficient (Wildman–Crippen LogP) is 2.42. The molecule has 0 saturated carbocycles. The van der Waals surface area contributed by atoms with Gasteiger partial charge in [0.15, 0.2) is 5.96 Å². The van der Waals surface area contributed by atoms with Crippen molar-refractivity contribution in [2.45, 2.75) is 6.42 Å². The Bertz CT molecular complexity index is 709. The van der Waals surface area contributed by atoms with Crippen molar-refractivity contribution in [2.24, 2.45) is 10.7 Å². The highest BCUT2D eigenvalue weighted by atomic mass is 127. The molecule has 0 aliphatic carbocycles. The van der Waals surface area contributed by atoms with E-state index >= 15 is 0 Å². The quantitative estimate of drug-likeness (QED) is 0.418. The topological polar surface area (TPSA) is 70.6 Å². The number of guanidine groups is 1. The number of halogens is 1. The second-order valence-electron chi connectivity index (χ2n) is 5.96. The minimum absolute atomic E-state index is 0. The molecule has 0 amide bonds. The lowest BCUT2D eigenvalue weighted by Gasteiger charge is -2.35. The molecule has 2 N–H and O–H groups in total. The van der Waals surface area contributed by atoms with E-state index in [1.165, 1.54) is 5.56 Å². The molecule has 1 saturated heterocycles. The highest BCUT2D eigenvalue weighted by Gasteiger charge is 2.19. The van der Waals surface area contributed by atoms with Gasteiger partial charge in [0.05, 0.1) is 0 Å². The lowest BCUT2D eigenvalue weighted by atomic mass is 10.1. The fourth-order valence-electron chi connectivity index (χ4n) is 2.81. The van der Waals surface area contributed by atoms with Crippen LogP contribution in [0.1, 0.15) is 11.1 Å². The second-order valence-corrected chi connectivity index (χ2v) is 5.96. The fraction of sp³-hybridized carbons (Fsp3) is 0.316. The molecule has 0 atom stereocenters. The number of benzene rings is 1. The lowest BCUT2D eigenvalue weighted by molar-refractivity contribution is 0.378. The summed E-state index contributed by atoms with van der Waals surface area (Å²) in [6.45, 7) is 7.83. The maximum atomic E-state index is 6.16. The van der Waals surface area contributed by atoms with E-state index in [1.807, 2.05) is 12.1 Å². The molecule has 2 heterocycles. The van der Waals surface area contributed by atoms with E-state index < -0.39 is 0 Å². The van der Waals surface area contributed by atoms with Crippen LogP contribution >= 0.6 is 24.0 Å². The van der Waals surface area contributed by atoms with Crippen LogP contribution in [0.3, 0.4) is 0 Å². The highest BCUT2D eigenvalue weighted by Crippen LogP contribution is 2.10. The third-order valence-corrected chi connectivity index (χ3v) is 4.33. The Hall–Kier alpha value is -2.16. The number of nitrogens with zero attached hydrogens (tertiary/aromatic N) is 5. The smallest absolute Gasteiger partial charge is 0.225 e. The van der Waals surface area contributed by atoms with Gasteiger partial charge in [-0.15, -0.1) is 24.0 Å². The molecular formula is C19H25IN6. The standard InChI is InChI=1S/C19H24N6.HI/c1-2-16-4-6-17(7-5-16)8-11-21-18(20)24-12-14-25(15-13-24)19-22-9-3-10-23-19;/h2-7,9-10H,1,8,11-15H2,(H2,20,21);1H. The molecule has 0 radical (unpaired) electrons. The summed E-state index contributed by atoms with van der Waals surface area (Å²) in [5.74, 6) is 1.40. The van der Waals surface area contributed by atoms with Crippen LogP contribution in [0.4, 0.5) is 5.95 Å². The van der Waals surface area contributed by atoms with Gasteiger partial charge in [-0.05, 0) is 23.6 Å². The van der Waals surface area contributed by atoms with Crippen LogP contribution in [0.5, 0.6) is 0 Å². The molecular weight excluding hydrogens is 439 g/mol. The Labute approximate surface area is 171 Å². The van der Waals surface area contributed by atoms with Crippen LogP contribution in [0.15, 0.2) is 54.3 Å². The molecule has 1 aliphatic rings. The maximum absolute atomic E-state index is 6.16. The molecule has 26 heavy (non-hydrogen) atoms. The monoisotopic (exact) mass is 464 g/mol. The summed E-state index contributed by atoms with van der Waals surface area (Å²) in [5.41, 5.74) is 8.54. The number of rotatable bonds is 5. The minimum Gasteiger partial charge on any atom is -0.370 e. The molecule has 1 aromatic carbocycles. The summed E-state index contributed by atoms with van der Waals surface area (Å²) in [4.78, 5) is 17.4. The van der Waals surface area contributed by atoms with Crippen molar-refractivity contribution in [2.75, 3.05) is 37.6 Å². The Kier molecular flexibility index (Phi) is 7.83. The Morgan fingerprint density at radius 3 is 2.38 bits per heavy atom. The zero-order valence-electron chi connectivity index (χ0n) is 14.8. The van der Waals surface area contributed by atoms with Gasteiger partial charge in [-0.3, -0.25) is 4.99 Å². The van der Waals surface area contributed by atoms with E-state index in [-0.39, 0.29) is 24.0 Å². The molecule has 3 rings (SSSR count). The van der Waals surface area contributed by atoms with Gasteiger partial charge in [0.1, 0.15) is 0 Å². The number of aliphatic imine (C=N–C) groups is 1. The fourth-order valence-corrected chi connectivity index (χ4v) is 2.81. The minimum atomic E-state index is 0. The van der Waals surface area contributed by atoms with Gasteiger partial charge < -0.3 is 15.5 Å². The summed E-state index contributed by atoms with van der Waals surface area (Å²) in [5, 5.41) is 0. The van der Waals surface area contributed by atoms with E-state index in [4.69, 9.17) is 5.73 Å². The first kappa shape index (κ1) is 20.2.